The van der Waals surface area contributed by atoms with Crippen molar-refractivity contribution in [3.63, 3.8) is 0 Å². The van der Waals surface area contributed by atoms with Crippen LogP contribution in [0.2, 0.25) is 15.1 Å². The van der Waals surface area contributed by atoms with Gasteiger partial charge in [-0.05, 0) is 62.5 Å². The van der Waals surface area contributed by atoms with Crippen molar-refractivity contribution in [3.8, 4) is 5.88 Å². The summed E-state index contributed by atoms with van der Waals surface area (Å²) in [4.78, 5) is 36.0. The smallest absolute Gasteiger partial charge is 0.390 e. The highest BCUT2D eigenvalue weighted by Crippen LogP contribution is 2.35. The maximum atomic E-state index is 13.6. The van der Waals surface area contributed by atoms with E-state index in [4.69, 9.17) is 39.5 Å². The quantitative estimate of drug-likeness (QED) is 0.257. The van der Waals surface area contributed by atoms with Gasteiger partial charge in [0.25, 0.3) is 5.91 Å². The van der Waals surface area contributed by atoms with E-state index < -0.39 is 12.0 Å². The molecular weight excluding hydrogens is 543 g/mol. The van der Waals surface area contributed by atoms with Crippen LogP contribution in [-0.4, -0.2) is 59.5 Å². The Morgan fingerprint density at radius 1 is 0.917 bits per heavy atom. The van der Waals surface area contributed by atoms with Gasteiger partial charge in [-0.1, -0.05) is 48.7 Å². The number of anilines is 2. The van der Waals surface area contributed by atoms with Gasteiger partial charge in [-0.25, -0.2) is 4.79 Å². The number of likely N-dealkylation sites (N-methyl/N-ethyl adjacent to an activating group) is 2. The Morgan fingerprint density at radius 3 is 2.19 bits per heavy atom. The summed E-state index contributed by atoms with van der Waals surface area (Å²) in [6.07, 6.45) is -0.494. The van der Waals surface area contributed by atoms with Crippen molar-refractivity contribution in [1.82, 2.24) is 14.8 Å². The standard InChI is InChI=1S/C25H27Cl3N4O3S/c1-4-30(5-2)13-14-31(6-3)25(34)35-22-16-36-24(29-22)32(19-10-7-17(26)8-11-19)23(33)20-12-9-18(27)15-21(20)28/h7-12,15-16H,4-6,13-14H2,1-3H3. The fraction of sp³-hybridized carbons (Fsp3) is 0.320. The Labute approximate surface area is 230 Å². The summed E-state index contributed by atoms with van der Waals surface area (Å²) >= 11 is 19.5. The second-order valence-electron chi connectivity index (χ2n) is 7.68. The van der Waals surface area contributed by atoms with Crippen molar-refractivity contribution in [2.75, 3.05) is 37.6 Å². The van der Waals surface area contributed by atoms with Crippen LogP contribution in [0.25, 0.3) is 0 Å². The van der Waals surface area contributed by atoms with Gasteiger partial charge in [0.05, 0.1) is 21.7 Å². The highest BCUT2D eigenvalue weighted by molar-refractivity contribution is 7.14. The molecule has 0 spiro atoms. The lowest BCUT2D eigenvalue weighted by molar-refractivity contribution is 0.0999. The zero-order chi connectivity index (χ0) is 26.2. The van der Waals surface area contributed by atoms with Crippen LogP contribution >= 0.6 is 46.1 Å². The molecule has 1 heterocycles. The number of nitrogens with zero attached hydrogens (tertiary/aromatic N) is 4. The number of ether oxygens (including phenoxy) is 1. The Bertz CT molecular complexity index is 1190. The van der Waals surface area contributed by atoms with Gasteiger partial charge in [0, 0.05) is 29.7 Å². The van der Waals surface area contributed by atoms with Crippen LogP contribution in [0.15, 0.2) is 47.8 Å². The highest BCUT2D eigenvalue weighted by Gasteiger charge is 2.26. The van der Waals surface area contributed by atoms with E-state index in [-0.39, 0.29) is 16.5 Å². The molecule has 0 saturated heterocycles. The number of aromatic nitrogens is 1. The van der Waals surface area contributed by atoms with Crippen molar-refractivity contribution in [2.45, 2.75) is 20.8 Å². The molecule has 0 N–H and O–H groups in total. The molecule has 0 aliphatic carbocycles. The molecule has 0 bridgehead atoms. The zero-order valence-electron chi connectivity index (χ0n) is 20.2. The fourth-order valence-electron chi connectivity index (χ4n) is 3.42. The molecule has 7 nitrogen and oxygen atoms in total. The molecule has 3 aromatic rings. The Morgan fingerprint density at radius 2 is 1.58 bits per heavy atom. The monoisotopic (exact) mass is 568 g/mol. The molecule has 0 atom stereocenters. The fourth-order valence-corrected chi connectivity index (χ4v) is 4.78. The Kier molecular flexibility index (Phi) is 10.4. The molecule has 2 aromatic carbocycles. The zero-order valence-corrected chi connectivity index (χ0v) is 23.3. The topological polar surface area (TPSA) is 66.0 Å². The van der Waals surface area contributed by atoms with Crippen molar-refractivity contribution in [3.05, 3.63) is 68.5 Å². The molecule has 0 aliphatic heterocycles. The normalized spacial score (nSPS) is 11.0. The predicted octanol–water partition coefficient (Wildman–Crippen LogP) is 7.24. The van der Waals surface area contributed by atoms with E-state index >= 15 is 0 Å². The van der Waals surface area contributed by atoms with E-state index in [0.29, 0.717) is 34.0 Å². The van der Waals surface area contributed by atoms with Gasteiger partial charge in [-0.15, -0.1) is 11.3 Å². The third-order valence-electron chi connectivity index (χ3n) is 5.52. The SMILES string of the molecule is CCN(CC)CCN(CC)C(=O)Oc1csc(N(C(=O)c2ccc(Cl)cc2Cl)c2ccc(Cl)cc2)n1. The molecule has 1 aromatic heterocycles. The predicted molar refractivity (Wildman–Crippen MR) is 148 cm³/mol. The van der Waals surface area contributed by atoms with E-state index in [1.807, 2.05) is 6.92 Å². The van der Waals surface area contributed by atoms with E-state index in [9.17, 15) is 9.59 Å². The molecule has 0 aliphatic rings. The number of hydrogen-bond acceptors (Lipinski definition) is 6. The van der Waals surface area contributed by atoms with Gasteiger partial charge in [0.2, 0.25) is 11.0 Å². The van der Waals surface area contributed by atoms with Gasteiger partial charge in [0.1, 0.15) is 0 Å². The number of carbonyl (C=O) groups is 2. The van der Waals surface area contributed by atoms with E-state index in [1.54, 1.807) is 46.7 Å². The number of hydrogen-bond donors (Lipinski definition) is 0. The first-order valence-corrected chi connectivity index (χ1v) is 13.5. The average molecular weight is 570 g/mol. The summed E-state index contributed by atoms with van der Waals surface area (Å²) in [5.41, 5.74) is 0.773. The number of benzene rings is 2. The number of rotatable bonds is 10. The number of thiazole rings is 1. The van der Waals surface area contributed by atoms with Crippen molar-refractivity contribution >= 4 is 69.0 Å². The van der Waals surface area contributed by atoms with E-state index in [1.165, 1.54) is 11.0 Å². The minimum atomic E-state index is -0.494. The number of halogens is 3. The lowest BCUT2D eigenvalue weighted by Crippen LogP contribution is -2.40. The van der Waals surface area contributed by atoms with Crippen LogP contribution in [0.4, 0.5) is 15.6 Å². The maximum Gasteiger partial charge on any atom is 0.416 e. The van der Waals surface area contributed by atoms with Crippen molar-refractivity contribution in [1.29, 1.82) is 0 Å². The highest BCUT2D eigenvalue weighted by atomic mass is 35.5. The first kappa shape index (κ1) is 28.2. The molecule has 0 radical (unpaired) electrons. The minimum absolute atomic E-state index is 0.107. The van der Waals surface area contributed by atoms with Crippen molar-refractivity contribution < 1.29 is 14.3 Å². The van der Waals surface area contributed by atoms with Gasteiger partial charge in [0.15, 0.2) is 0 Å². The van der Waals surface area contributed by atoms with E-state index in [2.05, 4.69) is 23.7 Å². The Balaban J connectivity index is 1.85. The first-order valence-electron chi connectivity index (χ1n) is 11.5. The molecule has 192 valence electrons. The molecule has 0 saturated carbocycles. The minimum Gasteiger partial charge on any atom is -0.390 e. The van der Waals surface area contributed by atoms with Crippen LogP contribution in [0.1, 0.15) is 31.1 Å². The van der Waals surface area contributed by atoms with Crippen LogP contribution in [0.3, 0.4) is 0 Å². The third-order valence-corrected chi connectivity index (χ3v) is 7.13. The summed E-state index contributed by atoms with van der Waals surface area (Å²) in [7, 11) is 0. The lowest BCUT2D eigenvalue weighted by atomic mass is 10.2. The number of carbonyl (C=O) groups excluding carboxylic acids is 2. The van der Waals surface area contributed by atoms with Crippen LogP contribution in [0.5, 0.6) is 5.88 Å². The second-order valence-corrected chi connectivity index (χ2v) is 9.80. The summed E-state index contributed by atoms with van der Waals surface area (Å²) in [6.45, 7) is 9.67. The number of amides is 2. The van der Waals surface area contributed by atoms with Crippen LogP contribution in [-0.2, 0) is 0 Å². The molecule has 3 rings (SSSR count). The largest absolute Gasteiger partial charge is 0.416 e. The molecule has 2 amide bonds. The second kappa shape index (κ2) is 13.3. The summed E-state index contributed by atoms with van der Waals surface area (Å²) in [6, 6.07) is 11.4. The van der Waals surface area contributed by atoms with Gasteiger partial charge < -0.3 is 14.5 Å². The molecule has 0 fully saturated rings. The summed E-state index contributed by atoms with van der Waals surface area (Å²) < 4.78 is 5.54. The summed E-state index contributed by atoms with van der Waals surface area (Å²) in [5, 5.41) is 3.04. The first-order chi connectivity index (χ1) is 17.3. The van der Waals surface area contributed by atoms with Crippen LogP contribution < -0.4 is 9.64 Å². The molecule has 11 heteroatoms. The maximum absolute atomic E-state index is 13.6. The van der Waals surface area contributed by atoms with Gasteiger partial charge in [-0.3, -0.25) is 9.69 Å². The Hall–Kier alpha value is -2.36. The van der Waals surface area contributed by atoms with Crippen LogP contribution in [0, 0.1) is 0 Å². The van der Waals surface area contributed by atoms with Gasteiger partial charge >= 0.3 is 6.09 Å². The van der Waals surface area contributed by atoms with Gasteiger partial charge in [-0.2, -0.15) is 4.98 Å². The average Bonchev–Trinajstić information content (AvgIpc) is 3.31. The third kappa shape index (κ3) is 7.11. The van der Waals surface area contributed by atoms with E-state index in [0.717, 1.165) is 31.0 Å². The molecular formula is C25H27Cl3N4O3S. The lowest BCUT2D eigenvalue weighted by Gasteiger charge is -2.24. The van der Waals surface area contributed by atoms with Crippen molar-refractivity contribution in [2.24, 2.45) is 0 Å². The summed E-state index contributed by atoms with van der Waals surface area (Å²) in [5.74, 6) is -0.309. The molecule has 0 unspecified atom stereocenters. The molecule has 36 heavy (non-hydrogen) atoms.